The highest BCUT2D eigenvalue weighted by Crippen LogP contribution is 2.24. The third-order valence-electron chi connectivity index (χ3n) is 9.29. The molecule has 0 spiro atoms. The first-order valence-electron chi connectivity index (χ1n) is 19.1. The topological polar surface area (TPSA) is 0 Å². The molecule has 39 heavy (non-hydrogen) atoms. The van der Waals surface area contributed by atoms with Crippen molar-refractivity contribution in [3.05, 3.63) is 6.92 Å². The van der Waals surface area contributed by atoms with E-state index in [1.54, 1.807) is 0 Å². The Hall–Kier alpha value is 0. The Labute approximate surface area is 251 Å². The van der Waals surface area contributed by atoms with Crippen LogP contribution in [0.4, 0.5) is 0 Å². The van der Waals surface area contributed by atoms with Gasteiger partial charge in [0.05, 0.1) is 0 Å². The van der Waals surface area contributed by atoms with Crippen LogP contribution in [-0.4, -0.2) is 0 Å². The molecule has 0 fully saturated rings. The summed E-state index contributed by atoms with van der Waals surface area (Å²) in [5.74, 6) is 1.01. The van der Waals surface area contributed by atoms with Crippen LogP contribution < -0.4 is 0 Å². The zero-order valence-corrected chi connectivity index (χ0v) is 28.0. The maximum atomic E-state index is 4.06. The van der Waals surface area contributed by atoms with E-state index in [0.717, 1.165) is 12.3 Å². The number of hydrogen-bond acceptors (Lipinski definition) is 0. The Balaban J connectivity index is 3.46. The van der Waals surface area contributed by atoms with Gasteiger partial charge in [-0.15, -0.1) is 0 Å². The second-order valence-electron chi connectivity index (χ2n) is 13.3. The second kappa shape index (κ2) is 36.0. The van der Waals surface area contributed by atoms with Gasteiger partial charge in [0.2, 0.25) is 0 Å². The molecule has 1 radical (unpaired) electrons. The van der Waals surface area contributed by atoms with E-state index in [1.807, 2.05) is 0 Å². The van der Waals surface area contributed by atoms with Crippen molar-refractivity contribution in [1.29, 1.82) is 0 Å². The molecule has 0 heteroatoms. The Morgan fingerprint density at radius 2 is 0.487 bits per heavy atom. The zero-order chi connectivity index (χ0) is 28.3. The van der Waals surface area contributed by atoms with Crippen LogP contribution in [0.1, 0.15) is 239 Å². The molecule has 0 nitrogen and oxygen atoms in total. The summed E-state index contributed by atoms with van der Waals surface area (Å²) in [5, 5.41) is 0. The van der Waals surface area contributed by atoms with Crippen molar-refractivity contribution in [3.63, 3.8) is 0 Å². The first kappa shape index (κ1) is 39.0. The standard InChI is InChI=1S/C39H79/c1-4-7-10-12-14-16-17-18-19-20-21-22-23-24-25-26-28-30-32-35-38-39(36-33-9-6-3)37-34-31-29-27-15-13-11-8-5-2/h39H,3-38H2,1-2H3. The predicted octanol–water partition coefficient (Wildman–Crippen LogP) is 15.1. The summed E-state index contributed by atoms with van der Waals surface area (Å²) in [7, 11) is 0. The van der Waals surface area contributed by atoms with E-state index < -0.39 is 0 Å². The maximum Gasteiger partial charge on any atom is -0.0414 e. The lowest BCUT2D eigenvalue weighted by molar-refractivity contribution is 0.368. The summed E-state index contributed by atoms with van der Waals surface area (Å²) in [6.45, 7) is 8.69. The van der Waals surface area contributed by atoms with E-state index in [4.69, 9.17) is 0 Å². The van der Waals surface area contributed by atoms with Gasteiger partial charge in [-0.1, -0.05) is 245 Å². The zero-order valence-electron chi connectivity index (χ0n) is 28.0. The van der Waals surface area contributed by atoms with Crippen LogP contribution in [0.3, 0.4) is 0 Å². The van der Waals surface area contributed by atoms with E-state index in [9.17, 15) is 0 Å². The molecular formula is C39H79. The fraction of sp³-hybridized carbons (Fsp3) is 0.974. The fourth-order valence-corrected chi connectivity index (χ4v) is 6.47. The average molecular weight is 548 g/mol. The van der Waals surface area contributed by atoms with Crippen LogP contribution in [0.5, 0.6) is 0 Å². The van der Waals surface area contributed by atoms with Crippen LogP contribution in [-0.2, 0) is 0 Å². The summed E-state index contributed by atoms with van der Waals surface area (Å²) >= 11 is 0. The Morgan fingerprint density at radius 3 is 0.718 bits per heavy atom. The van der Waals surface area contributed by atoms with Crippen molar-refractivity contribution < 1.29 is 0 Å². The minimum atomic E-state index is 1.01. The van der Waals surface area contributed by atoms with Crippen LogP contribution in [0.25, 0.3) is 0 Å². The third kappa shape index (κ3) is 34.1. The van der Waals surface area contributed by atoms with Gasteiger partial charge < -0.3 is 0 Å². The number of rotatable bonds is 35. The second-order valence-corrected chi connectivity index (χ2v) is 13.3. The summed E-state index contributed by atoms with van der Waals surface area (Å²) < 4.78 is 0. The molecule has 0 saturated heterocycles. The molecule has 0 aliphatic carbocycles. The fourth-order valence-electron chi connectivity index (χ4n) is 6.47. The summed E-state index contributed by atoms with van der Waals surface area (Å²) in [5.41, 5.74) is 0. The smallest absolute Gasteiger partial charge is 0.0414 e. The monoisotopic (exact) mass is 548 g/mol. The SMILES string of the molecule is [CH2]CCCCC(CCCCCCCCCCC)CCCCCCCCCCCCCCCCCCCCCC. The molecule has 0 heterocycles. The highest BCUT2D eigenvalue weighted by molar-refractivity contribution is 4.62. The molecule has 235 valence electrons. The highest BCUT2D eigenvalue weighted by Gasteiger charge is 2.08. The summed E-state index contributed by atoms with van der Waals surface area (Å²) in [4.78, 5) is 0. The molecule has 0 amide bonds. The molecule has 0 aromatic heterocycles. The average Bonchev–Trinajstić information content (AvgIpc) is 2.95. The van der Waals surface area contributed by atoms with Crippen LogP contribution in [0, 0.1) is 12.8 Å². The lowest BCUT2D eigenvalue weighted by Crippen LogP contribution is -2.01. The van der Waals surface area contributed by atoms with Crippen LogP contribution in [0.15, 0.2) is 0 Å². The molecule has 0 rings (SSSR count). The summed E-state index contributed by atoms with van der Waals surface area (Å²) in [6, 6.07) is 0. The normalized spacial score (nSPS) is 12.4. The molecule has 0 N–H and O–H groups in total. The quantitative estimate of drug-likeness (QED) is 0.0692. The maximum absolute atomic E-state index is 4.06. The Bertz CT molecular complexity index is 399. The third-order valence-corrected chi connectivity index (χ3v) is 9.29. The van der Waals surface area contributed by atoms with Crippen molar-refractivity contribution >= 4 is 0 Å². The van der Waals surface area contributed by atoms with Gasteiger partial charge in [-0.25, -0.2) is 0 Å². The Kier molecular flexibility index (Phi) is 36.0. The van der Waals surface area contributed by atoms with Gasteiger partial charge >= 0.3 is 0 Å². The van der Waals surface area contributed by atoms with E-state index in [-0.39, 0.29) is 0 Å². The van der Waals surface area contributed by atoms with Gasteiger partial charge in [0.15, 0.2) is 0 Å². The number of hydrogen-bond donors (Lipinski definition) is 0. The molecule has 0 bridgehead atoms. The van der Waals surface area contributed by atoms with E-state index in [1.165, 1.54) is 218 Å². The number of unbranched alkanes of at least 4 members (excludes halogenated alkanes) is 29. The van der Waals surface area contributed by atoms with Crippen molar-refractivity contribution in [3.8, 4) is 0 Å². The van der Waals surface area contributed by atoms with Gasteiger partial charge in [0.1, 0.15) is 0 Å². The van der Waals surface area contributed by atoms with Crippen molar-refractivity contribution in [1.82, 2.24) is 0 Å². The highest BCUT2D eigenvalue weighted by atomic mass is 14.1. The molecule has 1 atom stereocenters. The molecule has 0 aromatic rings. The van der Waals surface area contributed by atoms with Crippen molar-refractivity contribution in [2.75, 3.05) is 0 Å². The van der Waals surface area contributed by atoms with E-state index >= 15 is 0 Å². The minimum Gasteiger partial charge on any atom is -0.0654 e. The molecule has 1 unspecified atom stereocenters. The van der Waals surface area contributed by atoms with E-state index in [0.29, 0.717) is 0 Å². The molecule has 0 aromatic carbocycles. The molecule has 0 saturated carbocycles. The molecule has 0 aliphatic heterocycles. The van der Waals surface area contributed by atoms with Gasteiger partial charge in [-0.3, -0.25) is 0 Å². The predicted molar refractivity (Wildman–Crippen MR) is 182 cm³/mol. The molecule has 0 aliphatic rings. The first-order chi connectivity index (χ1) is 19.3. The Morgan fingerprint density at radius 1 is 0.282 bits per heavy atom. The summed E-state index contributed by atoms with van der Waals surface area (Å²) in [6.07, 6.45) is 51.1. The van der Waals surface area contributed by atoms with Gasteiger partial charge in [-0.2, -0.15) is 0 Å². The van der Waals surface area contributed by atoms with E-state index in [2.05, 4.69) is 20.8 Å². The van der Waals surface area contributed by atoms with Gasteiger partial charge in [-0.05, 0) is 5.92 Å². The van der Waals surface area contributed by atoms with Crippen molar-refractivity contribution in [2.45, 2.75) is 239 Å². The minimum absolute atomic E-state index is 1.01. The molecular weight excluding hydrogens is 468 g/mol. The van der Waals surface area contributed by atoms with Gasteiger partial charge in [0, 0.05) is 0 Å². The van der Waals surface area contributed by atoms with Crippen LogP contribution in [0.2, 0.25) is 0 Å². The van der Waals surface area contributed by atoms with Gasteiger partial charge in [0.25, 0.3) is 0 Å². The lowest BCUT2D eigenvalue weighted by Gasteiger charge is -2.17. The van der Waals surface area contributed by atoms with Crippen molar-refractivity contribution in [2.24, 2.45) is 5.92 Å². The first-order valence-corrected chi connectivity index (χ1v) is 19.1. The lowest BCUT2D eigenvalue weighted by atomic mass is 9.89. The largest absolute Gasteiger partial charge is 0.0654 e. The van der Waals surface area contributed by atoms with Crippen LogP contribution >= 0.6 is 0 Å².